The Bertz CT molecular complexity index is 698. The zero-order chi connectivity index (χ0) is 17.0. The van der Waals surface area contributed by atoms with E-state index in [-0.39, 0.29) is 5.56 Å². The fourth-order valence-corrected chi connectivity index (χ4v) is 2.04. The maximum absolute atomic E-state index is 12.3. The Hall–Kier alpha value is -2.77. The van der Waals surface area contributed by atoms with Crippen LogP contribution < -0.4 is 5.32 Å². The molecular weight excluding hydrogens is 308 g/mol. The fraction of sp³-hybridized carbons (Fsp3) is 0.267. The normalized spacial score (nSPS) is 12.2. The van der Waals surface area contributed by atoms with Gasteiger partial charge in [0.2, 0.25) is 6.43 Å². The Kier molecular flexibility index (Phi) is 5.05. The summed E-state index contributed by atoms with van der Waals surface area (Å²) in [7, 11) is 0. The second-order valence-corrected chi connectivity index (χ2v) is 4.92. The van der Waals surface area contributed by atoms with Crippen molar-refractivity contribution in [1.29, 1.82) is 0 Å². The molecule has 2 aromatic rings. The van der Waals surface area contributed by atoms with Crippen LogP contribution in [0.5, 0.6) is 0 Å². The first-order valence-electron chi connectivity index (χ1n) is 6.81. The lowest BCUT2D eigenvalue weighted by atomic mass is 10.1. The van der Waals surface area contributed by atoms with E-state index in [1.165, 1.54) is 12.1 Å². The molecule has 2 N–H and O–H groups in total. The van der Waals surface area contributed by atoms with Crippen LogP contribution in [0.2, 0.25) is 0 Å². The highest BCUT2D eigenvalue weighted by Crippen LogP contribution is 2.12. The summed E-state index contributed by atoms with van der Waals surface area (Å²) in [6.07, 6.45) is -2.12. The van der Waals surface area contributed by atoms with E-state index in [0.717, 1.165) is 11.4 Å². The van der Waals surface area contributed by atoms with E-state index >= 15 is 0 Å². The van der Waals surface area contributed by atoms with Gasteiger partial charge in [0.15, 0.2) is 0 Å². The summed E-state index contributed by atoms with van der Waals surface area (Å²) in [6, 6.07) is 6.42. The smallest absolute Gasteiger partial charge is 0.326 e. The number of hydrogen-bond donors (Lipinski definition) is 2. The summed E-state index contributed by atoms with van der Waals surface area (Å²) in [4.78, 5) is 22.9. The van der Waals surface area contributed by atoms with E-state index in [0.29, 0.717) is 0 Å². The number of amides is 1. The second-order valence-electron chi connectivity index (χ2n) is 4.92. The number of aromatic nitrogens is 2. The number of rotatable bonds is 6. The summed E-state index contributed by atoms with van der Waals surface area (Å²) in [6.45, 7) is 1.87. The molecule has 1 unspecified atom stereocenters. The molecule has 23 heavy (non-hydrogen) atoms. The maximum Gasteiger partial charge on any atom is 0.326 e. The molecular formula is C15H15F2N3O3. The zero-order valence-corrected chi connectivity index (χ0v) is 12.2. The first kappa shape index (κ1) is 16.6. The highest BCUT2D eigenvalue weighted by atomic mass is 19.3. The summed E-state index contributed by atoms with van der Waals surface area (Å²) < 4.78 is 26.3. The molecule has 1 aromatic carbocycles. The van der Waals surface area contributed by atoms with Gasteiger partial charge in [-0.1, -0.05) is 0 Å². The quantitative estimate of drug-likeness (QED) is 0.852. The van der Waals surface area contributed by atoms with Crippen LogP contribution in [0.3, 0.4) is 0 Å². The minimum absolute atomic E-state index is 0.180. The van der Waals surface area contributed by atoms with E-state index in [9.17, 15) is 18.4 Å². The number of carbonyl (C=O) groups is 2. The molecule has 0 radical (unpaired) electrons. The predicted molar refractivity (Wildman–Crippen MR) is 77.8 cm³/mol. The van der Waals surface area contributed by atoms with Gasteiger partial charge < -0.3 is 10.4 Å². The SMILES string of the molecule is Cc1ccnn1-c1ccc(C(=O)NC(CC(F)F)C(=O)O)cc1. The molecule has 0 fully saturated rings. The number of carboxylic acid groups (broad SMARTS) is 1. The van der Waals surface area contributed by atoms with Gasteiger partial charge in [0, 0.05) is 23.9 Å². The first-order valence-corrected chi connectivity index (χ1v) is 6.81. The number of carboxylic acids is 1. The molecule has 0 saturated heterocycles. The molecule has 1 amide bonds. The standard InChI is InChI=1S/C15H15F2N3O3/c1-9-6-7-18-20(9)11-4-2-10(3-5-11)14(21)19-12(15(22)23)8-13(16)17/h2-7,12-13H,8H2,1H3,(H,19,21)(H,22,23). The van der Waals surface area contributed by atoms with Gasteiger partial charge in [0.1, 0.15) is 6.04 Å². The minimum atomic E-state index is -2.82. The van der Waals surface area contributed by atoms with Crippen LogP contribution in [0.25, 0.3) is 5.69 Å². The third kappa shape index (κ3) is 4.12. The Labute approximate surface area is 130 Å². The van der Waals surface area contributed by atoms with Crippen molar-refractivity contribution in [2.24, 2.45) is 0 Å². The van der Waals surface area contributed by atoms with Crippen molar-refractivity contribution >= 4 is 11.9 Å². The molecule has 2 rings (SSSR count). The largest absolute Gasteiger partial charge is 0.480 e. The van der Waals surface area contributed by atoms with E-state index in [1.807, 2.05) is 13.0 Å². The molecule has 1 aromatic heterocycles. The van der Waals surface area contributed by atoms with Crippen LogP contribution in [0.1, 0.15) is 22.5 Å². The van der Waals surface area contributed by atoms with Gasteiger partial charge in [-0.25, -0.2) is 18.3 Å². The van der Waals surface area contributed by atoms with Crippen LogP contribution in [0, 0.1) is 6.92 Å². The van der Waals surface area contributed by atoms with Gasteiger partial charge in [-0.2, -0.15) is 5.10 Å². The van der Waals surface area contributed by atoms with Crippen LogP contribution in [0.4, 0.5) is 8.78 Å². The molecule has 0 spiro atoms. The van der Waals surface area contributed by atoms with Crippen molar-refractivity contribution in [1.82, 2.24) is 15.1 Å². The van der Waals surface area contributed by atoms with Crippen molar-refractivity contribution < 1.29 is 23.5 Å². The van der Waals surface area contributed by atoms with Gasteiger partial charge in [-0.3, -0.25) is 4.79 Å². The number of nitrogens with zero attached hydrogens (tertiary/aromatic N) is 2. The molecule has 0 saturated carbocycles. The van der Waals surface area contributed by atoms with Crippen molar-refractivity contribution in [2.45, 2.75) is 25.8 Å². The van der Waals surface area contributed by atoms with Crippen molar-refractivity contribution in [2.75, 3.05) is 0 Å². The van der Waals surface area contributed by atoms with Crippen LogP contribution in [0.15, 0.2) is 36.5 Å². The number of aliphatic carboxylic acids is 1. The second kappa shape index (κ2) is 6.99. The number of halogens is 2. The minimum Gasteiger partial charge on any atom is -0.480 e. The Morgan fingerprint density at radius 1 is 1.26 bits per heavy atom. The molecule has 0 aliphatic heterocycles. The predicted octanol–water partition coefficient (Wildman–Crippen LogP) is 2.02. The highest BCUT2D eigenvalue weighted by Gasteiger charge is 2.24. The Morgan fingerprint density at radius 2 is 1.91 bits per heavy atom. The van der Waals surface area contributed by atoms with Crippen LogP contribution >= 0.6 is 0 Å². The lowest BCUT2D eigenvalue weighted by Gasteiger charge is -2.14. The van der Waals surface area contributed by atoms with Gasteiger partial charge in [0.05, 0.1) is 5.69 Å². The third-order valence-electron chi connectivity index (χ3n) is 3.22. The summed E-state index contributed by atoms with van der Waals surface area (Å²) >= 11 is 0. The van der Waals surface area contributed by atoms with E-state index in [1.54, 1.807) is 23.0 Å². The third-order valence-corrected chi connectivity index (χ3v) is 3.22. The number of aryl methyl sites for hydroxylation is 1. The molecule has 0 aliphatic rings. The molecule has 1 heterocycles. The average molecular weight is 323 g/mol. The van der Waals surface area contributed by atoms with Gasteiger partial charge >= 0.3 is 5.97 Å². The van der Waals surface area contributed by atoms with E-state index in [2.05, 4.69) is 10.4 Å². The van der Waals surface area contributed by atoms with Crippen LogP contribution in [-0.2, 0) is 4.79 Å². The lowest BCUT2D eigenvalue weighted by Crippen LogP contribution is -2.42. The van der Waals surface area contributed by atoms with Crippen LogP contribution in [-0.4, -0.2) is 39.2 Å². The zero-order valence-electron chi connectivity index (χ0n) is 12.2. The number of hydrogen-bond acceptors (Lipinski definition) is 3. The summed E-state index contributed by atoms with van der Waals surface area (Å²) in [5, 5.41) is 15.1. The van der Waals surface area contributed by atoms with Crippen molar-refractivity contribution in [3.05, 3.63) is 47.8 Å². The molecule has 1 atom stereocenters. The lowest BCUT2D eigenvalue weighted by molar-refractivity contribution is -0.140. The Balaban J connectivity index is 2.11. The summed E-state index contributed by atoms with van der Waals surface area (Å²) in [5.74, 6) is -2.22. The van der Waals surface area contributed by atoms with Crippen molar-refractivity contribution in [3.63, 3.8) is 0 Å². The number of nitrogens with one attached hydrogen (secondary N) is 1. The Morgan fingerprint density at radius 3 is 2.39 bits per heavy atom. The highest BCUT2D eigenvalue weighted by molar-refractivity contribution is 5.96. The van der Waals surface area contributed by atoms with E-state index < -0.39 is 30.8 Å². The molecule has 6 nitrogen and oxygen atoms in total. The molecule has 0 bridgehead atoms. The molecule has 8 heteroatoms. The fourth-order valence-electron chi connectivity index (χ4n) is 2.04. The number of benzene rings is 1. The topological polar surface area (TPSA) is 84.2 Å². The number of carbonyl (C=O) groups excluding carboxylic acids is 1. The number of alkyl halides is 2. The van der Waals surface area contributed by atoms with Gasteiger partial charge in [-0.05, 0) is 37.3 Å². The van der Waals surface area contributed by atoms with E-state index in [4.69, 9.17) is 5.11 Å². The average Bonchev–Trinajstić information content (AvgIpc) is 2.92. The van der Waals surface area contributed by atoms with Gasteiger partial charge in [-0.15, -0.1) is 0 Å². The molecule has 0 aliphatic carbocycles. The first-order chi connectivity index (χ1) is 10.9. The molecule has 122 valence electrons. The summed E-state index contributed by atoms with van der Waals surface area (Å²) in [5.41, 5.74) is 1.82. The monoisotopic (exact) mass is 323 g/mol. The van der Waals surface area contributed by atoms with Gasteiger partial charge in [0.25, 0.3) is 5.91 Å². The maximum atomic E-state index is 12.3. The van der Waals surface area contributed by atoms with Crippen molar-refractivity contribution in [3.8, 4) is 5.69 Å².